The van der Waals surface area contributed by atoms with Gasteiger partial charge in [0.2, 0.25) is 0 Å². The minimum absolute atomic E-state index is 0.107. The van der Waals surface area contributed by atoms with Gasteiger partial charge in [-0.25, -0.2) is 15.0 Å². The molecule has 1 aliphatic heterocycles. The second kappa shape index (κ2) is 6.07. The maximum atomic E-state index is 11.6. The Labute approximate surface area is 132 Å². The van der Waals surface area contributed by atoms with E-state index in [1.54, 1.807) is 0 Å². The molecule has 1 fully saturated rings. The Morgan fingerprint density at radius 1 is 1.57 bits per heavy atom. The third-order valence-electron chi connectivity index (χ3n) is 3.62. The molecule has 1 aliphatic rings. The lowest BCUT2D eigenvalue weighted by molar-refractivity contribution is -0.156. The van der Waals surface area contributed by atoms with Gasteiger partial charge in [-0.15, -0.1) is 0 Å². The summed E-state index contributed by atoms with van der Waals surface area (Å²) in [4.78, 5) is 23.6. The number of nitrogens with two attached hydrogens (primary N) is 1. The number of anilines is 1. The number of fused-ring (bicyclic) bond motifs is 1. The molecule has 0 radical (unpaired) electrons. The van der Waals surface area contributed by atoms with Crippen LogP contribution in [0, 0.1) is 0 Å². The summed E-state index contributed by atoms with van der Waals surface area (Å²) < 4.78 is 19.2. The van der Waals surface area contributed by atoms with Gasteiger partial charge in [-0.3, -0.25) is 9.36 Å². The Morgan fingerprint density at radius 3 is 3.13 bits per heavy atom. The smallest absolute Gasteiger partial charge is 0.305 e. The van der Waals surface area contributed by atoms with Crippen molar-refractivity contribution in [3.8, 4) is 0 Å². The molecule has 3 rings (SSSR count). The van der Waals surface area contributed by atoms with Crippen LogP contribution in [-0.4, -0.2) is 60.6 Å². The molecule has 4 N–H and O–H groups in total. The van der Waals surface area contributed by atoms with Gasteiger partial charge in [-0.05, 0) is 0 Å². The quantitative estimate of drug-likeness (QED) is 0.601. The fourth-order valence-electron chi connectivity index (χ4n) is 2.51. The standard InChI is InChI=1S/C13H17N5O5/c1-2-7(20)23-10-6(3-19)22-13(9(10)21)18-5-17-8-11(14)15-4-16-12(8)18/h4-6,9-10,13,19,21H,2-3H2,1H3,(H2,14,15,16)/t6-,9+,10-,13?/m1/s1/i1D. The zero-order chi connectivity index (χ0) is 17.3. The average molecular weight is 324 g/mol. The predicted octanol–water partition coefficient (Wildman–Crippen LogP) is -1.02. The fourth-order valence-corrected chi connectivity index (χ4v) is 2.51. The van der Waals surface area contributed by atoms with Crippen molar-refractivity contribution in [2.24, 2.45) is 0 Å². The zero-order valence-electron chi connectivity index (χ0n) is 13.1. The largest absolute Gasteiger partial charge is 0.457 e. The van der Waals surface area contributed by atoms with Crippen molar-refractivity contribution in [1.29, 1.82) is 0 Å². The molecule has 10 heteroatoms. The summed E-state index contributed by atoms with van der Waals surface area (Å²) in [6.07, 6.45) is -1.64. The Balaban J connectivity index is 1.88. The molecule has 1 unspecified atom stereocenters. The average Bonchev–Trinajstić information content (AvgIpc) is 3.11. The van der Waals surface area contributed by atoms with Crippen LogP contribution in [0.4, 0.5) is 5.82 Å². The minimum atomic E-state index is -1.24. The summed E-state index contributed by atoms with van der Waals surface area (Å²) in [6.45, 7) is -0.575. The number of aliphatic hydroxyl groups is 2. The van der Waals surface area contributed by atoms with E-state index in [1.165, 1.54) is 17.2 Å². The molecule has 2 aromatic rings. The molecular weight excluding hydrogens is 306 g/mol. The van der Waals surface area contributed by atoms with E-state index in [2.05, 4.69) is 15.0 Å². The van der Waals surface area contributed by atoms with E-state index in [4.69, 9.17) is 16.6 Å². The van der Waals surface area contributed by atoms with E-state index in [9.17, 15) is 15.0 Å². The molecule has 1 saturated heterocycles. The maximum absolute atomic E-state index is 11.6. The van der Waals surface area contributed by atoms with Crippen LogP contribution in [0.1, 0.15) is 20.9 Å². The van der Waals surface area contributed by atoms with Crippen LogP contribution >= 0.6 is 0 Å². The van der Waals surface area contributed by atoms with E-state index in [0.717, 1.165) is 0 Å². The lowest BCUT2D eigenvalue weighted by atomic mass is 10.1. The normalized spacial score (nSPS) is 28.0. The van der Waals surface area contributed by atoms with Crippen molar-refractivity contribution < 1.29 is 25.9 Å². The van der Waals surface area contributed by atoms with Gasteiger partial charge in [0.05, 0.1) is 12.9 Å². The van der Waals surface area contributed by atoms with Gasteiger partial charge in [0, 0.05) is 7.79 Å². The topological polar surface area (TPSA) is 146 Å². The number of aliphatic hydroxyl groups excluding tert-OH is 2. The van der Waals surface area contributed by atoms with Crippen molar-refractivity contribution in [2.75, 3.05) is 12.3 Å². The number of nitrogen functional groups attached to an aromatic ring is 1. The third kappa shape index (κ3) is 2.60. The summed E-state index contributed by atoms with van der Waals surface area (Å²) >= 11 is 0. The highest BCUT2D eigenvalue weighted by Crippen LogP contribution is 2.33. The first kappa shape index (κ1) is 14.3. The Bertz CT molecular complexity index is 741. The van der Waals surface area contributed by atoms with Crippen LogP contribution in [0.15, 0.2) is 12.7 Å². The molecule has 4 atom stereocenters. The monoisotopic (exact) mass is 324 g/mol. The number of hydrogen-bond donors (Lipinski definition) is 3. The highest BCUT2D eigenvalue weighted by molar-refractivity contribution is 5.81. The SMILES string of the molecule is [2H]CCC(=O)O[C@H]1[C@H](O)C(n2cnc3c(N)ncnc32)O[C@@H]1CO. The number of aromatic nitrogens is 4. The number of rotatable bonds is 4. The van der Waals surface area contributed by atoms with Crippen LogP contribution in [0.2, 0.25) is 0 Å². The van der Waals surface area contributed by atoms with Gasteiger partial charge in [-0.2, -0.15) is 0 Å². The van der Waals surface area contributed by atoms with E-state index in [1.807, 2.05) is 0 Å². The maximum Gasteiger partial charge on any atom is 0.305 e. The van der Waals surface area contributed by atoms with Crippen molar-refractivity contribution in [2.45, 2.75) is 37.9 Å². The van der Waals surface area contributed by atoms with E-state index >= 15 is 0 Å². The summed E-state index contributed by atoms with van der Waals surface area (Å²) in [5, 5.41) is 19.9. The lowest BCUT2D eigenvalue weighted by Gasteiger charge is -2.19. The van der Waals surface area contributed by atoms with Gasteiger partial charge in [0.1, 0.15) is 24.1 Å². The number of carbonyl (C=O) groups excluding carboxylic acids is 1. The Morgan fingerprint density at radius 2 is 2.39 bits per heavy atom. The number of carbonyl (C=O) groups is 1. The van der Waals surface area contributed by atoms with Gasteiger partial charge in [-0.1, -0.05) is 6.90 Å². The van der Waals surface area contributed by atoms with Crippen molar-refractivity contribution in [3.05, 3.63) is 12.7 Å². The second-order valence-electron chi connectivity index (χ2n) is 5.03. The highest BCUT2D eigenvalue weighted by Gasteiger charge is 2.47. The van der Waals surface area contributed by atoms with Gasteiger partial charge in [0.15, 0.2) is 23.8 Å². The Hall–Kier alpha value is -2.30. The number of esters is 1. The first-order chi connectivity index (χ1) is 11.6. The van der Waals surface area contributed by atoms with E-state index in [0.29, 0.717) is 11.2 Å². The molecule has 3 heterocycles. The van der Waals surface area contributed by atoms with Gasteiger partial charge in [0.25, 0.3) is 0 Å². The predicted molar refractivity (Wildman–Crippen MR) is 76.9 cm³/mol. The molecule has 2 aromatic heterocycles. The second-order valence-corrected chi connectivity index (χ2v) is 5.03. The molecule has 0 spiro atoms. The zero-order valence-corrected chi connectivity index (χ0v) is 12.1. The van der Waals surface area contributed by atoms with Crippen LogP contribution in [0.5, 0.6) is 0 Å². The molecule has 0 saturated carbocycles. The van der Waals surface area contributed by atoms with Crippen LogP contribution in [-0.2, 0) is 14.3 Å². The van der Waals surface area contributed by atoms with Crippen LogP contribution in [0.25, 0.3) is 11.2 Å². The highest BCUT2D eigenvalue weighted by atomic mass is 16.6. The summed E-state index contributed by atoms with van der Waals surface area (Å²) in [7, 11) is 0. The number of nitrogens with zero attached hydrogens (tertiary/aromatic N) is 4. The molecule has 23 heavy (non-hydrogen) atoms. The molecule has 0 aliphatic carbocycles. The first-order valence-corrected chi connectivity index (χ1v) is 6.93. The third-order valence-corrected chi connectivity index (χ3v) is 3.62. The van der Waals surface area contributed by atoms with Crippen LogP contribution in [0.3, 0.4) is 0 Å². The first-order valence-electron chi connectivity index (χ1n) is 7.63. The molecule has 10 nitrogen and oxygen atoms in total. The lowest BCUT2D eigenvalue weighted by Crippen LogP contribution is -2.37. The van der Waals surface area contributed by atoms with E-state index in [-0.39, 0.29) is 19.1 Å². The van der Waals surface area contributed by atoms with Crippen LogP contribution < -0.4 is 5.73 Å². The number of imidazole rings is 1. The van der Waals surface area contributed by atoms with Gasteiger partial charge < -0.3 is 25.4 Å². The summed E-state index contributed by atoms with van der Waals surface area (Å²) in [6, 6.07) is 0. The van der Waals surface area contributed by atoms with Gasteiger partial charge >= 0.3 is 5.97 Å². The van der Waals surface area contributed by atoms with Crippen molar-refractivity contribution >= 4 is 23.0 Å². The number of ether oxygens (including phenoxy) is 2. The van der Waals surface area contributed by atoms with E-state index < -0.39 is 37.1 Å². The summed E-state index contributed by atoms with van der Waals surface area (Å²) in [5.74, 6) is -0.456. The number of hydrogen-bond acceptors (Lipinski definition) is 9. The molecule has 0 amide bonds. The van der Waals surface area contributed by atoms with Crippen molar-refractivity contribution in [1.82, 2.24) is 19.5 Å². The molecule has 124 valence electrons. The molecule has 0 bridgehead atoms. The summed E-state index contributed by atoms with van der Waals surface area (Å²) in [5.41, 5.74) is 6.42. The Kier molecular flexibility index (Phi) is 3.77. The molecular formula is C13H17N5O5. The fraction of sp³-hybridized carbons (Fsp3) is 0.538. The van der Waals surface area contributed by atoms with Crippen molar-refractivity contribution in [3.63, 3.8) is 0 Å². The minimum Gasteiger partial charge on any atom is -0.457 e. The molecule has 0 aromatic carbocycles.